The molecule has 0 aromatic heterocycles. The Balaban J connectivity index is 3.00. The van der Waals surface area contributed by atoms with E-state index in [0.717, 1.165) is 0 Å². The summed E-state index contributed by atoms with van der Waals surface area (Å²) in [4.78, 5) is 28.3. The van der Waals surface area contributed by atoms with E-state index in [0.29, 0.717) is 18.9 Å². The van der Waals surface area contributed by atoms with Gasteiger partial charge in [-0.3, -0.25) is 19.6 Å². The zero-order chi connectivity index (χ0) is 13.9. The lowest BCUT2D eigenvalue weighted by atomic mass is 10.1. The van der Waals surface area contributed by atoms with Gasteiger partial charge in [-0.1, -0.05) is 0 Å². The SMILES string of the molecule is CCOC(=O)[C@@H]1CN(N(C)C)C(=O)C1=NC(C)C. The minimum absolute atomic E-state index is 0.0250. The molecular weight excluding hydrogens is 234 g/mol. The average molecular weight is 255 g/mol. The molecule has 1 amide bonds. The summed E-state index contributed by atoms with van der Waals surface area (Å²) in [6, 6.07) is -0.0250. The third kappa shape index (κ3) is 3.07. The molecule has 6 heteroatoms. The van der Waals surface area contributed by atoms with Crippen molar-refractivity contribution in [3.8, 4) is 0 Å². The van der Waals surface area contributed by atoms with Crippen molar-refractivity contribution in [2.45, 2.75) is 26.8 Å². The Morgan fingerprint density at radius 2 is 2.17 bits per heavy atom. The highest BCUT2D eigenvalue weighted by Gasteiger charge is 2.43. The Morgan fingerprint density at radius 1 is 1.56 bits per heavy atom. The van der Waals surface area contributed by atoms with Gasteiger partial charge >= 0.3 is 5.97 Å². The number of hydrogen-bond donors (Lipinski definition) is 0. The number of aliphatic imine (C=N–C) groups is 1. The van der Waals surface area contributed by atoms with Crippen molar-refractivity contribution < 1.29 is 14.3 Å². The highest BCUT2D eigenvalue weighted by Crippen LogP contribution is 2.19. The van der Waals surface area contributed by atoms with Crippen LogP contribution in [0.15, 0.2) is 4.99 Å². The average Bonchev–Trinajstić information content (AvgIpc) is 2.56. The normalized spacial score (nSPS) is 22.4. The number of carbonyl (C=O) groups excluding carboxylic acids is 2. The number of carbonyl (C=O) groups is 2. The van der Waals surface area contributed by atoms with Crippen LogP contribution in [0.1, 0.15) is 20.8 Å². The molecule has 1 rings (SSSR count). The van der Waals surface area contributed by atoms with Crippen molar-refractivity contribution in [3.63, 3.8) is 0 Å². The molecule has 18 heavy (non-hydrogen) atoms. The second-order valence-electron chi connectivity index (χ2n) is 4.65. The molecule has 1 saturated heterocycles. The van der Waals surface area contributed by atoms with Crippen molar-refractivity contribution in [1.82, 2.24) is 10.0 Å². The lowest BCUT2D eigenvalue weighted by Gasteiger charge is -2.22. The zero-order valence-corrected chi connectivity index (χ0v) is 11.6. The molecule has 1 aliphatic rings. The molecule has 1 fully saturated rings. The van der Waals surface area contributed by atoms with Crippen molar-refractivity contribution in [2.24, 2.45) is 10.9 Å². The number of hydrogen-bond acceptors (Lipinski definition) is 5. The second-order valence-corrected chi connectivity index (χ2v) is 4.65. The van der Waals surface area contributed by atoms with Gasteiger partial charge in [-0.15, -0.1) is 0 Å². The zero-order valence-electron chi connectivity index (χ0n) is 11.6. The Kier molecular flexibility index (Phi) is 4.84. The Morgan fingerprint density at radius 3 is 2.61 bits per heavy atom. The minimum Gasteiger partial charge on any atom is -0.465 e. The molecule has 0 unspecified atom stereocenters. The first-order chi connectivity index (χ1) is 8.38. The molecule has 0 bridgehead atoms. The summed E-state index contributed by atoms with van der Waals surface area (Å²) in [5, 5.41) is 3.17. The van der Waals surface area contributed by atoms with Gasteiger partial charge < -0.3 is 4.74 Å². The third-order valence-corrected chi connectivity index (χ3v) is 2.59. The van der Waals surface area contributed by atoms with Gasteiger partial charge in [0.2, 0.25) is 0 Å². The fourth-order valence-electron chi connectivity index (χ4n) is 1.82. The first-order valence-electron chi connectivity index (χ1n) is 6.11. The molecule has 1 atom stereocenters. The summed E-state index contributed by atoms with van der Waals surface area (Å²) in [5.41, 5.74) is 0.303. The monoisotopic (exact) mass is 255 g/mol. The van der Waals surface area contributed by atoms with Crippen LogP contribution in [0.4, 0.5) is 0 Å². The van der Waals surface area contributed by atoms with E-state index in [9.17, 15) is 9.59 Å². The maximum atomic E-state index is 12.1. The van der Waals surface area contributed by atoms with Crippen molar-refractivity contribution in [1.29, 1.82) is 0 Å². The summed E-state index contributed by atoms with van der Waals surface area (Å²) in [6.45, 7) is 6.11. The Labute approximate surface area is 108 Å². The number of nitrogens with zero attached hydrogens (tertiary/aromatic N) is 3. The van der Waals surface area contributed by atoms with Crippen LogP contribution in [-0.4, -0.2) is 60.9 Å². The standard InChI is InChI=1S/C12H21N3O3/c1-6-18-12(17)9-7-15(14(4)5)11(16)10(9)13-8(2)3/h8-9H,6-7H2,1-5H3/t9-/m1/s1. The fraction of sp³-hybridized carbons (Fsp3) is 0.750. The fourth-order valence-corrected chi connectivity index (χ4v) is 1.82. The predicted octanol–water partition coefficient (Wildman–Crippen LogP) is 0.334. The lowest BCUT2D eigenvalue weighted by molar-refractivity contribution is -0.146. The largest absolute Gasteiger partial charge is 0.465 e. The van der Waals surface area contributed by atoms with Gasteiger partial charge in [-0.2, -0.15) is 0 Å². The third-order valence-electron chi connectivity index (χ3n) is 2.59. The molecule has 0 spiro atoms. The van der Waals surface area contributed by atoms with E-state index < -0.39 is 5.92 Å². The summed E-state index contributed by atoms with van der Waals surface area (Å²) in [7, 11) is 3.52. The molecule has 1 heterocycles. The summed E-state index contributed by atoms with van der Waals surface area (Å²) in [5.74, 6) is -1.18. The number of esters is 1. The van der Waals surface area contributed by atoms with Crippen LogP contribution in [0, 0.1) is 5.92 Å². The first kappa shape index (κ1) is 14.6. The highest BCUT2D eigenvalue weighted by atomic mass is 16.5. The predicted molar refractivity (Wildman–Crippen MR) is 68.1 cm³/mol. The van der Waals surface area contributed by atoms with Gasteiger partial charge in [-0.25, -0.2) is 5.01 Å². The van der Waals surface area contributed by atoms with Gasteiger partial charge in [0.1, 0.15) is 11.6 Å². The van der Waals surface area contributed by atoms with Gasteiger partial charge in [0, 0.05) is 20.1 Å². The number of rotatable bonds is 4. The van der Waals surface area contributed by atoms with Gasteiger partial charge in [0.05, 0.1) is 13.2 Å². The lowest BCUT2D eigenvalue weighted by Crippen LogP contribution is -2.39. The molecule has 6 nitrogen and oxygen atoms in total. The first-order valence-corrected chi connectivity index (χ1v) is 6.11. The maximum absolute atomic E-state index is 12.1. The van der Waals surface area contributed by atoms with Crippen molar-refractivity contribution in [2.75, 3.05) is 27.2 Å². The van der Waals surface area contributed by atoms with Crippen LogP contribution in [0.2, 0.25) is 0 Å². The molecule has 0 radical (unpaired) electrons. The van der Waals surface area contributed by atoms with E-state index in [1.165, 1.54) is 5.01 Å². The van der Waals surface area contributed by atoms with Crippen LogP contribution in [0.3, 0.4) is 0 Å². The second kappa shape index (κ2) is 5.95. The van der Waals surface area contributed by atoms with E-state index in [-0.39, 0.29) is 17.9 Å². The molecule has 0 aromatic rings. The topological polar surface area (TPSA) is 62.2 Å². The van der Waals surface area contributed by atoms with Crippen molar-refractivity contribution in [3.05, 3.63) is 0 Å². The summed E-state index contributed by atoms with van der Waals surface area (Å²) in [6.07, 6.45) is 0. The molecule has 0 N–H and O–H groups in total. The Bertz CT molecular complexity index is 364. The van der Waals surface area contributed by atoms with Crippen LogP contribution >= 0.6 is 0 Å². The van der Waals surface area contributed by atoms with Crippen molar-refractivity contribution >= 4 is 17.6 Å². The van der Waals surface area contributed by atoms with Gasteiger partial charge in [0.25, 0.3) is 5.91 Å². The van der Waals surface area contributed by atoms with Crippen LogP contribution in [0.5, 0.6) is 0 Å². The highest BCUT2D eigenvalue weighted by molar-refractivity contribution is 6.44. The number of hydrazine groups is 1. The number of ether oxygens (including phenoxy) is 1. The number of amides is 1. The summed E-state index contributed by atoms with van der Waals surface area (Å²) >= 11 is 0. The van der Waals surface area contributed by atoms with Gasteiger partial charge in [-0.05, 0) is 20.8 Å². The van der Waals surface area contributed by atoms with E-state index in [4.69, 9.17) is 4.74 Å². The quantitative estimate of drug-likeness (QED) is 0.679. The molecule has 0 aromatic carbocycles. The van der Waals surface area contributed by atoms with E-state index in [1.807, 2.05) is 13.8 Å². The molecule has 0 saturated carbocycles. The van der Waals surface area contributed by atoms with Crippen LogP contribution < -0.4 is 0 Å². The minimum atomic E-state index is -0.581. The van der Waals surface area contributed by atoms with Gasteiger partial charge in [0.15, 0.2) is 0 Å². The molecule has 1 aliphatic heterocycles. The molecule has 0 aliphatic carbocycles. The molecule has 102 valence electrons. The smallest absolute Gasteiger partial charge is 0.317 e. The van der Waals surface area contributed by atoms with Crippen LogP contribution in [-0.2, 0) is 14.3 Å². The Hall–Kier alpha value is -1.43. The van der Waals surface area contributed by atoms with Crippen LogP contribution in [0.25, 0.3) is 0 Å². The van der Waals surface area contributed by atoms with E-state index >= 15 is 0 Å². The van der Waals surface area contributed by atoms with E-state index in [1.54, 1.807) is 26.0 Å². The summed E-state index contributed by atoms with van der Waals surface area (Å²) < 4.78 is 5.00. The maximum Gasteiger partial charge on any atom is 0.317 e. The molecular formula is C12H21N3O3. The van der Waals surface area contributed by atoms with E-state index in [2.05, 4.69) is 4.99 Å².